The summed E-state index contributed by atoms with van der Waals surface area (Å²) in [7, 11) is -1.61. The number of ether oxygens (including phenoxy) is 1. The molecule has 0 aliphatic carbocycles. The molecule has 0 unspecified atom stereocenters. The Morgan fingerprint density at radius 1 is 1.10 bits per heavy atom. The standard InChI is InChI=1S/C16H17BO4/c1-11-8-9-14(17(19)20)12(2)15(11)16(18)21-10-13-6-4-3-5-7-13/h3-9,19-20H,10H2,1-2H3. The van der Waals surface area contributed by atoms with E-state index in [1.54, 1.807) is 26.0 Å². The van der Waals surface area contributed by atoms with E-state index in [4.69, 9.17) is 4.74 Å². The van der Waals surface area contributed by atoms with Gasteiger partial charge in [0, 0.05) is 0 Å². The molecule has 0 spiro atoms. The summed E-state index contributed by atoms with van der Waals surface area (Å²) in [6.45, 7) is 3.66. The Bertz CT molecular complexity index is 638. The van der Waals surface area contributed by atoms with Gasteiger partial charge in [-0.2, -0.15) is 0 Å². The van der Waals surface area contributed by atoms with Crippen LogP contribution in [0.5, 0.6) is 0 Å². The molecular weight excluding hydrogens is 267 g/mol. The second-order valence-corrected chi connectivity index (χ2v) is 4.91. The predicted molar refractivity (Wildman–Crippen MR) is 81.3 cm³/mol. The average molecular weight is 284 g/mol. The number of hydrogen-bond acceptors (Lipinski definition) is 4. The fourth-order valence-electron chi connectivity index (χ4n) is 2.25. The van der Waals surface area contributed by atoms with Gasteiger partial charge in [-0.15, -0.1) is 0 Å². The molecule has 0 saturated heterocycles. The number of hydrogen-bond donors (Lipinski definition) is 2. The lowest BCUT2D eigenvalue weighted by molar-refractivity contribution is 0.0471. The third-order valence-corrected chi connectivity index (χ3v) is 3.41. The molecule has 0 aliphatic rings. The maximum Gasteiger partial charge on any atom is 0.488 e. The monoisotopic (exact) mass is 284 g/mol. The van der Waals surface area contributed by atoms with E-state index in [0.717, 1.165) is 11.1 Å². The van der Waals surface area contributed by atoms with Gasteiger partial charge in [0.1, 0.15) is 6.61 Å². The minimum atomic E-state index is -1.61. The minimum absolute atomic E-state index is 0.185. The number of carbonyl (C=O) groups excluding carboxylic acids is 1. The Hall–Kier alpha value is -2.11. The molecule has 5 heteroatoms. The van der Waals surface area contributed by atoms with Crippen molar-refractivity contribution in [3.63, 3.8) is 0 Å². The summed E-state index contributed by atoms with van der Waals surface area (Å²) in [5.41, 5.74) is 2.88. The van der Waals surface area contributed by atoms with Crippen LogP contribution in [0.1, 0.15) is 27.0 Å². The van der Waals surface area contributed by atoms with Crippen molar-refractivity contribution in [3.05, 3.63) is 64.7 Å². The minimum Gasteiger partial charge on any atom is -0.457 e. The Morgan fingerprint density at radius 3 is 2.38 bits per heavy atom. The molecule has 0 saturated carbocycles. The van der Waals surface area contributed by atoms with Crippen LogP contribution in [0.25, 0.3) is 0 Å². The Kier molecular flexibility index (Phi) is 4.78. The van der Waals surface area contributed by atoms with Crippen LogP contribution in [0.15, 0.2) is 42.5 Å². The molecule has 0 aromatic heterocycles. The van der Waals surface area contributed by atoms with Gasteiger partial charge in [0.2, 0.25) is 0 Å². The molecular formula is C16H17BO4. The SMILES string of the molecule is Cc1ccc(B(O)O)c(C)c1C(=O)OCc1ccccc1. The lowest BCUT2D eigenvalue weighted by Gasteiger charge is -2.13. The third-order valence-electron chi connectivity index (χ3n) is 3.41. The zero-order valence-corrected chi connectivity index (χ0v) is 12.0. The molecule has 2 rings (SSSR count). The summed E-state index contributed by atoms with van der Waals surface area (Å²) in [6, 6.07) is 12.7. The van der Waals surface area contributed by atoms with Crippen LogP contribution in [0.3, 0.4) is 0 Å². The first-order valence-corrected chi connectivity index (χ1v) is 6.68. The summed E-state index contributed by atoms with van der Waals surface area (Å²) in [4.78, 5) is 12.2. The van der Waals surface area contributed by atoms with Crippen molar-refractivity contribution in [3.8, 4) is 0 Å². The normalized spacial score (nSPS) is 10.3. The highest BCUT2D eigenvalue weighted by Crippen LogP contribution is 2.15. The summed E-state index contributed by atoms with van der Waals surface area (Å²) in [6.07, 6.45) is 0. The van der Waals surface area contributed by atoms with Gasteiger partial charge in [0.05, 0.1) is 5.56 Å². The molecule has 0 radical (unpaired) electrons. The number of esters is 1. The maximum atomic E-state index is 12.2. The maximum absolute atomic E-state index is 12.2. The van der Waals surface area contributed by atoms with E-state index in [9.17, 15) is 14.8 Å². The van der Waals surface area contributed by atoms with Gasteiger partial charge >= 0.3 is 13.1 Å². The molecule has 2 aromatic carbocycles. The van der Waals surface area contributed by atoms with E-state index in [-0.39, 0.29) is 6.61 Å². The molecule has 4 nitrogen and oxygen atoms in total. The summed E-state index contributed by atoms with van der Waals surface area (Å²) in [5.74, 6) is -0.462. The lowest BCUT2D eigenvalue weighted by atomic mass is 9.75. The van der Waals surface area contributed by atoms with Crippen molar-refractivity contribution in [2.24, 2.45) is 0 Å². The zero-order chi connectivity index (χ0) is 15.4. The van der Waals surface area contributed by atoms with Crippen LogP contribution in [-0.4, -0.2) is 23.1 Å². The summed E-state index contributed by atoms with van der Waals surface area (Å²) in [5, 5.41) is 18.6. The van der Waals surface area contributed by atoms with Crippen LogP contribution in [0.4, 0.5) is 0 Å². The lowest BCUT2D eigenvalue weighted by Crippen LogP contribution is -2.33. The van der Waals surface area contributed by atoms with Crippen molar-refractivity contribution in [1.29, 1.82) is 0 Å². The Balaban J connectivity index is 2.21. The van der Waals surface area contributed by atoms with E-state index in [0.29, 0.717) is 16.6 Å². The number of rotatable bonds is 4. The molecule has 2 aromatic rings. The van der Waals surface area contributed by atoms with Crippen molar-refractivity contribution in [1.82, 2.24) is 0 Å². The van der Waals surface area contributed by atoms with Gasteiger partial charge in [-0.05, 0) is 36.0 Å². The second-order valence-electron chi connectivity index (χ2n) is 4.91. The molecule has 0 atom stereocenters. The van der Waals surface area contributed by atoms with E-state index in [2.05, 4.69) is 0 Å². The van der Waals surface area contributed by atoms with Gasteiger partial charge in [-0.25, -0.2) is 4.79 Å². The van der Waals surface area contributed by atoms with E-state index in [1.807, 2.05) is 30.3 Å². The molecule has 21 heavy (non-hydrogen) atoms. The topological polar surface area (TPSA) is 66.8 Å². The first kappa shape index (κ1) is 15.3. The Morgan fingerprint density at radius 2 is 1.76 bits per heavy atom. The third kappa shape index (κ3) is 3.51. The first-order valence-electron chi connectivity index (χ1n) is 6.68. The Labute approximate surface area is 124 Å². The van der Waals surface area contributed by atoms with Crippen molar-refractivity contribution in [2.75, 3.05) is 0 Å². The largest absolute Gasteiger partial charge is 0.488 e. The van der Waals surface area contributed by atoms with Crippen LogP contribution in [0, 0.1) is 13.8 Å². The van der Waals surface area contributed by atoms with Gasteiger partial charge in [0.25, 0.3) is 0 Å². The van der Waals surface area contributed by atoms with E-state index in [1.165, 1.54) is 0 Å². The fourth-order valence-corrected chi connectivity index (χ4v) is 2.25. The molecule has 0 bridgehead atoms. The molecule has 0 aliphatic heterocycles. The molecule has 108 valence electrons. The zero-order valence-electron chi connectivity index (χ0n) is 12.0. The quantitative estimate of drug-likeness (QED) is 0.657. The van der Waals surface area contributed by atoms with Crippen LogP contribution in [-0.2, 0) is 11.3 Å². The van der Waals surface area contributed by atoms with Crippen LogP contribution < -0.4 is 5.46 Å². The summed E-state index contributed by atoms with van der Waals surface area (Å²) < 4.78 is 5.31. The van der Waals surface area contributed by atoms with Gasteiger partial charge in [0.15, 0.2) is 0 Å². The second kappa shape index (κ2) is 6.56. The molecule has 0 heterocycles. The highest BCUT2D eigenvalue weighted by atomic mass is 16.5. The highest BCUT2D eigenvalue weighted by Gasteiger charge is 2.21. The van der Waals surface area contributed by atoms with Crippen molar-refractivity contribution in [2.45, 2.75) is 20.5 Å². The highest BCUT2D eigenvalue weighted by molar-refractivity contribution is 6.59. The number of benzene rings is 2. The van der Waals surface area contributed by atoms with Gasteiger partial charge < -0.3 is 14.8 Å². The molecule has 0 amide bonds. The van der Waals surface area contributed by atoms with Gasteiger partial charge in [-0.1, -0.05) is 42.5 Å². The van der Waals surface area contributed by atoms with E-state index < -0.39 is 13.1 Å². The fraction of sp³-hybridized carbons (Fsp3) is 0.188. The van der Waals surface area contributed by atoms with Crippen molar-refractivity contribution >= 4 is 18.6 Å². The first-order chi connectivity index (χ1) is 10.0. The number of aryl methyl sites for hydroxylation is 1. The predicted octanol–water partition coefficient (Wildman–Crippen LogP) is 1.34. The number of carbonyl (C=O) groups is 1. The van der Waals surface area contributed by atoms with Crippen LogP contribution >= 0.6 is 0 Å². The van der Waals surface area contributed by atoms with E-state index >= 15 is 0 Å². The molecule has 0 fully saturated rings. The van der Waals surface area contributed by atoms with Crippen LogP contribution in [0.2, 0.25) is 0 Å². The van der Waals surface area contributed by atoms with Crippen molar-refractivity contribution < 1.29 is 19.6 Å². The summed E-state index contributed by atoms with van der Waals surface area (Å²) >= 11 is 0. The average Bonchev–Trinajstić information content (AvgIpc) is 2.46. The molecule has 2 N–H and O–H groups in total. The smallest absolute Gasteiger partial charge is 0.457 e. The van der Waals surface area contributed by atoms with Gasteiger partial charge in [-0.3, -0.25) is 0 Å².